The van der Waals surface area contributed by atoms with E-state index >= 15 is 0 Å². The summed E-state index contributed by atoms with van der Waals surface area (Å²) in [6, 6.07) is 5.66. The molecule has 0 aromatic heterocycles. The van der Waals surface area contributed by atoms with E-state index in [1.54, 1.807) is 6.07 Å². The van der Waals surface area contributed by atoms with Crippen molar-refractivity contribution < 1.29 is 8.78 Å². The van der Waals surface area contributed by atoms with E-state index in [2.05, 4.69) is 0 Å². The fourth-order valence-corrected chi connectivity index (χ4v) is 1.65. The Hall–Kier alpha value is -0.960. The van der Waals surface area contributed by atoms with Gasteiger partial charge in [0.2, 0.25) is 0 Å². The Kier molecular flexibility index (Phi) is 4.21. The van der Waals surface area contributed by atoms with Crippen LogP contribution in [0.4, 0.5) is 8.78 Å². The molecular formula is C12H17F2N. The maximum Gasteiger partial charge on any atom is 0.129 e. The molecule has 0 saturated carbocycles. The Bertz CT molecular complexity index is 312. The number of rotatable bonds is 4. The van der Waals surface area contributed by atoms with Crippen LogP contribution in [0.5, 0.6) is 0 Å². The summed E-state index contributed by atoms with van der Waals surface area (Å²) >= 11 is 0. The second-order valence-electron chi connectivity index (χ2n) is 4.10. The molecule has 0 spiro atoms. The van der Waals surface area contributed by atoms with Gasteiger partial charge in [0.15, 0.2) is 0 Å². The molecule has 0 aliphatic rings. The third-order valence-electron chi connectivity index (χ3n) is 2.67. The van der Waals surface area contributed by atoms with Gasteiger partial charge in [-0.2, -0.15) is 0 Å². The maximum atomic E-state index is 14.0. The fraction of sp³-hybridized carbons (Fsp3) is 0.500. The van der Waals surface area contributed by atoms with Crippen LogP contribution in [0.25, 0.3) is 0 Å². The summed E-state index contributed by atoms with van der Waals surface area (Å²) < 4.78 is 26.9. The van der Waals surface area contributed by atoms with Gasteiger partial charge in [0.1, 0.15) is 12.0 Å². The Labute approximate surface area is 89.3 Å². The van der Waals surface area contributed by atoms with Gasteiger partial charge in [0.25, 0.3) is 0 Å². The van der Waals surface area contributed by atoms with Crippen LogP contribution >= 0.6 is 0 Å². The normalized spacial score (nSPS) is 15.3. The number of hydrogen-bond donors (Lipinski definition) is 1. The van der Waals surface area contributed by atoms with Gasteiger partial charge in [0, 0.05) is 5.92 Å². The van der Waals surface area contributed by atoms with Crippen molar-refractivity contribution in [3.63, 3.8) is 0 Å². The molecular weight excluding hydrogens is 196 g/mol. The number of alkyl halides is 1. The number of nitrogens with two attached hydrogens (primary N) is 1. The molecule has 3 heteroatoms. The molecule has 1 aromatic rings. The van der Waals surface area contributed by atoms with Crippen LogP contribution in [0, 0.1) is 17.7 Å². The van der Waals surface area contributed by atoms with Gasteiger partial charge < -0.3 is 5.73 Å². The average Bonchev–Trinajstić information content (AvgIpc) is 2.18. The van der Waals surface area contributed by atoms with Crippen molar-refractivity contribution in [1.82, 2.24) is 0 Å². The van der Waals surface area contributed by atoms with Crippen molar-refractivity contribution >= 4 is 0 Å². The van der Waals surface area contributed by atoms with Gasteiger partial charge in [-0.25, -0.2) is 8.78 Å². The predicted molar refractivity (Wildman–Crippen MR) is 57.6 cm³/mol. The molecule has 0 bridgehead atoms. The van der Waals surface area contributed by atoms with Crippen LogP contribution < -0.4 is 5.73 Å². The number of benzene rings is 1. The summed E-state index contributed by atoms with van der Waals surface area (Å²) in [5, 5.41) is 0. The molecule has 2 unspecified atom stereocenters. The smallest absolute Gasteiger partial charge is 0.129 e. The van der Waals surface area contributed by atoms with Crippen LogP contribution in [0.2, 0.25) is 0 Å². The van der Waals surface area contributed by atoms with Crippen molar-refractivity contribution in [1.29, 1.82) is 0 Å². The Morgan fingerprint density at radius 3 is 2.47 bits per heavy atom. The summed E-state index contributed by atoms with van der Waals surface area (Å²) in [5.41, 5.74) is 5.89. The molecule has 0 fully saturated rings. The highest BCUT2D eigenvalue weighted by molar-refractivity contribution is 5.19. The zero-order chi connectivity index (χ0) is 11.4. The van der Waals surface area contributed by atoms with E-state index in [-0.39, 0.29) is 18.4 Å². The Morgan fingerprint density at radius 2 is 2.00 bits per heavy atom. The summed E-state index contributed by atoms with van der Waals surface area (Å²) in [5.74, 6) is -0.519. The van der Waals surface area contributed by atoms with E-state index in [9.17, 15) is 8.78 Å². The molecule has 0 amide bonds. The summed E-state index contributed by atoms with van der Waals surface area (Å²) in [7, 11) is 0. The first-order chi connectivity index (χ1) is 7.06. The predicted octanol–water partition coefficient (Wildman–Crippen LogP) is 3.07. The van der Waals surface area contributed by atoms with Crippen LogP contribution in [-0.2, 0) is 0 Å². The van der Waals surface area contributed by atoms with Crippen molar-refractivity contribution in [2.45, 2.75) is 20.0 Å². The average molecular weight is 213 g/mol. The standard InChI is InChI=1S/C12H17F2N/c1-8(2)11(7-15)12(14)9-4-3-5-10(13)6-9/h3-6,8,11-12H,7,15H2,1-2H3. The molecule has 1 rings (SSSR count). The third kappa shape index (κ3) is 2.99. The highest BCUT2D eigenvalue weighted by atomic mass is 19.1. The summed E-state index contributed by atoms with van der Waals surface area (Å²) in [4.78, 5) is 0. The highest BCUT2D eigenvalue weighted by Gasteiger charge is 2.24. The van der Waals surface area contributed by atoms with E-state index in [4.69, 9.17) is 5.73 Å². The van der Waals surface area contributed by atoms with E-state index in [1.807, 2.05) is 13.8 Å². The molecule has 0 radical (unpaired) electrons. The van der Waals surface area contributed by atoms with Gasteiger partial charge in [-0.15, -0.1) is 0 Å². The quantitative estimate of drug-likeness (QED) is 0.817. The van der Waals surface area contributed by atoms with Crippen LogP contribution in [0.15, 0.2) is 24.3 Å². The molecule has 84 valence electrons. The lowest BCUT2D eigenvalue weighted by Gasteiger charge is -2.23. The largest absolute Gasteiger partial charge is 0.330 e. The highest BCUT2D eigenvalue weighted by Crippen LogP contribution is 2.30. The minimum Gasteiger partial charge on any atom is -0.330 e. The SMILES string of the molecule is CC(C)C(CN)C(F)c1cccc(F)c1. The topological polar surface area (TPSA) is 26.0 Å². The van der Waals surface area contributed by atoms with Crippen molar-refractivity contribution in [2.24, 2.45) is 17.6 Å². The zero-order valence-corrected chi connectivity index (χ0v) is 9.08. The fourth-order valence-electron chi connectivity index (χ4n) is 1.65. The van der Waals surface area contributed by atoms with Crippen molar-refractivity contribution in [2.75, 3.05) is 6.54 Å². The molecule has 1 aromatic carbocycles. The molecule has 2 atom stereocenters. The monoisotopic (exact) mass is 213 g/mol. The van der Waals surface area contributed by atoms with Crippen molar-refractivity contribution in [3.05, 3.63) is 35.6 Å². The van der Waals surface area contributed by atoms with E-state index in [1.165, 1.54) is 18.2 Å². The lowest BCUT2D eigenvalue weighted by Crippen LogP contribution is -2.24. The van der Waals surface area contributed by atoms with Crippen LogP contribution in [0.3, 0.4) is 0 Å². The molecule has 0 saturated heterocycles. The van der Waals surface area contributed by atoms with Gasteiger partial charge in [-0.1, -0.05) is 26.0 Å². The lowest BCUT2D eigenvalue weighted by molar-refractivity contribution is 0.188. The van der Waals surface area contributed by atoms with Crippen LogP contribution in [0.1, 0.15) is 25.6 Å². The van der Waals surface area contributed by atoms with Crippen LogP contribution in [-0.4, -0.2) is 6.54 Å². The van der Waals surface area contributed by atoms with E-state index < -0.39 is 12.0 Å². The number of hydrogen-bond acceptors (Lipinski definition) is 1. The first kappa shape index (κ1) is 12.1. The van der Waals surface area contributed by atoms with Crippen molar-refractivity contribution in [3.8, 4) is 0 Å². The molecule has 0 aliphatic carbocycles. The van der Waals surface area contributed by atoms with Gasteiger partial charge in [-0.3, -0.25) is 0 Å². The van der Waals surface area contributed by atoms with Gasteiger partial charge in [-0.05, 0) is 30.2 Å². The minimum absolute atomic E-state index is 0.147. The van der Waals surface area contributed by atoms with Gasteiger partial charge >= 0.3 is 0 Å². The van der Waals surface area contributed by atoms with Gasteiger partial charge in [0.05, 0.1) is 0 Å². The first-order valence-electron chi connectivity index (χ1n) is 5.16. The first-order valence-corrected chi connectivity index (χ1v) is 5.16. The zero-order valence-electron chi connectivity index (χ0n) is 9.08. The molecule has 0 aliphatic heterocycles. The maximum absolute atomic E-state index is 14.0. The Balaban J connectivity index is 2.87. The molecule has 0 heterocycles. The third-order valence-corrected chi connectivity index (χ3v) is 2.67. The van der Waals surface area contributed by atoms with E-state index in [0.717, 1.165) is 0 Å². The second kappa shape index (κ2) is 5.21. The molecule has 15 heavy (non-hydrogen) atoms. The number of halogens is 2. The van der Waals surface area contributed by atoms with E-state index in [0.29, 0.717) is 5.56 Å². The lowest BCUT2D eigenvalue weighted by atomic mass is 9.87. The molecule has 2 N–H and O–H groups in total. The summed E-state index contributed by atoms with van der Waals surface area (Å²) in [6.45, 7) is 4.11. The Morgan fingerprint density at radius 1 is 1.33 bits per heavy atom. The summed E-state index contributed by atoms with van der Waals surface area (Å²) in [6.07, 6.45) is -1.19. The molecule has 1 nitrogen and oxygen atoms in total. The second-order valence-corrected chi connectivity index (χ2v) is 4.10. The minimum atomic E-state index is -1.19.